The number of hydrogen-bond acceptors (Lipinski definition) is 3. The van der Waals surface area contributed by atoms with Gasteiger partial charge in [-0.3, -0.25) is 9.63 Å². The summed E-state index contributed by atoms with van der Waals surface area (Å²) in [6.45, 7) is 3.09. The molecule has 5 nitrogen and oxygen atoms in total. The molecular formula is C8H11N3O2. The van der Waals surface area contributed by atoms with E-state index >= 15 is 0 Å². The minimum Gasteiger partial charge on any atom is -0.338 e. The van der Waals surface area contributed by atoms with Crippen LogP contribution in [0.3, 0.4) is 0 Å². The predicted octanol–water partition coefficient (Wildman–Crippen LogP) is 0.496. The van der Waals surface area contributed by atoms with Gasteiger partial charge in [0.25, 0.3) is 5.91 Å². The van der Waals surface area contributed by atoms with Gasteiger partial charge >= 0.3 is 0 Å². The van der Waals surface area contributed by atoms with E-state index < -0.39 is 0 Å². The van der Waals surface area contributed by atoms with Gasteiger partial charge in [-0.1, -0.05) is 0 Å². The highest BCUT2D eigenvalue weighted by Gasteiger charge is 2.21. The number of nitrogens with one attached hydrogen (secondary N) is 1. The van der Waals surface area contributed by atoms with Crippen LogP contribution in [0.2, 0.25) is 0 Å². The first-order chi connectivity index (χ1) is 6.27. The van der Waals surface area contributed by atoms with Crippen LogP contribution >= 0.6 is 0 Å². The summed E-state index contributed by atoms with van der Waals surface area (Å²) in [5.41, 5.74) is 0.486. The molecule has 13 heavy (non-hydrogen) atoms. The van der Waals surface area contributed by atoms with Crippen LogP contribution in [-0.4, -0.2) is 34.1 Å². The summed E-state index contributed by atoms with van der Waals surface area (Å²) >= 11 is 0. The lowest BCUT2D eigenvalue weighted by molar-refractivity contribution is -0.0771. The number of nitrogens with zero attached hydrogens (tertiary/aromatic N) is 2. The Bertz CT molecular complexity index is 315. The van der Waals surface area contributed by atoms with Crippen molar-refractivity contribution >= 4 is 5.91 Å². The van der Waals surface area contributed by atoms with Crippen molar-refractivity contribution in [2.75, 3.05) is 13.2 Å². The number of amides is 1. The second-order valence-electron chi connectivity index (χ2n) is 2.98. The molecule has 0 aliphatic carbocycles. The molecule has 0 radical (unpaired) electrons. The van der Waals surface area contributed by atoms with Gasteiger partial charge in [-0.05, 0) is 13.3 Å². The van der Waals surface area contributed by atoms with Crippen molar-refractivity contribution in [3.63, 3.8) is 0 Å². The monoisotopic (exact) mass is 181 g/mol. The van der Waals surface area contributed by atoms with Gasteiger partial charge in [0.15, 0.2) is 0 Å². The molecule has 5 heteroatoms. The number of H-pyrrole nitrogens is 1. The number of carbonyl (C=O) groups excluding carboxylic acids is 1. The summed E-state index contributed by atoms with van der Waals surface area (Å²) in [7, 11) is 0. The highest BCUT2D eigenvalue weighted by Crippen LogP contribution is 2.09. The van der Waals surface area contributed by atoms with Crippen molar-refractivity contribution in [1.29, 1.82) is 0 Å². The Morgan fingerprint density at radius 1 is 1.77 bits per heavy atom. The van der Waals surface area contributed by atoms with Gasteiger partial charge in [-0.2, -0.15) is 0 Å². The number of hydroxylamine groups is 2. The fourth-order valence-corrected chi connectivity index (χ4v) is 1.27. The summed E-state index contributed by atoms with van der Waals surface area (Å²) < 4.78 is 0. The molecule has 0 saturated carbocycles. The maximum Gasteiger partial charge on any atom is 0.295 e. The second-order valence-corrected chi connectivity index (χ2v) is 2.98. The number of aromatic amines is 1. The molecule has 1 aliphatic heterocycles. The summed E-state index contributed by atoms with van der Waals surface area (Å²) in [6.07, 6.45) is 2.43. The standard InChI is InChI=1S/C8H11N3O2/c1-6-9-5-7(10-6)8(12)11-3-2-4-13-11/h5H,2-4H2,1H3,(H,9,10). The van der Waals surface area contributed by atoms with Gasteiger partial charge in [-0.15, -0.1) is 0 Å². The second kappa shape index (κ2) is 3.18. The Labute approximate surface area is 75.7 Å². The third kappa shape index (κ3) is 1.55. The van der Waals surface area contributed by atoms with Crippen LogP contribution in [0.25, 0.3) is 0 Å². The Balaban J connectivity index is 2.12. The summed E-state index contributed by atoms with van der Waals surface area (Å²) in [5, 5.41) is 1.37. The third-order valence-corrected chi connectivity index (χ3v) is 1.91. The van der Waals surface area contributed by atoms with E-state index in [9.17, 15) is 4.79 Å². The lowest BCUT2D eigenvalue weighted by atomic mass is 10.4. The Morgan fingerprint density at radius 2 is 2.62 bits per heavy atom. The molecule has 0 bridgehead atoms. The first kappa shape index (κ1) is 8.25. The normalized spacial score (nSPS) is 16.5. The van der Waals surface area contributed by atoms with Crippen molar-refractivity contribution in [1.82, 2.24) is 15.0 Å². The Morgan fingerprint density at radius 3 is 3.15 bits per heavy atom. The SMILES string of the molecule is Cc1ncc(C(=O)N2CCCO2)[nH]1. The van der Waals surface area contributed by atoms with Crippen molar-refractivity contribution in [3.8, 4) is 0 Å². The van der Waals surface area contributed by atoms with Crippen LogP contribution in [0.4, 0.5) is 0 Å². The molecule has 0 unspecified atom stereocenters. The average Bonchev–Trinajstić information content (AvgIpc) is 2.72. The Hall–Kier alpha value is -1.36. The van der Waals surface area contributed by atoms with Crippen molar-refractivity contribution < 1.29 is 9.63 Å². The first-order valence-electron chi connectivity index (χ1n) is 4.24. The van der Waals surface area contributed by atoms with Crippen LogP contribution in [0, 0.1) is 6.92 Å². The van der Waals surface area contributed by atoms with E-state index in [1.165, 1.54) is 11.3 Å². The fourth-order valence-electron chi connectivity index (χ4n) is 1.27. The highest BCUT2D eigenvalue weighted by atomic mass is 16.7. The van der Waals surface area contributed by atoms with E-state index in [1.54, 1.807) is 0 Å². The van der Waals surface area contributed by atoms with Crippen LogP contribution in [0.15, 0.2) is 6.20 Å². The average molecular weight is 181 g/mol. The van der Waals surface area contributed by atoms with Gasteiger partial charge < -0.3 is 4.98 Å². The zero-order valence-electron chi connectivity index (χ0n) is 7.41. The molecule has 1 N–H and O–H groups in total. The van der Waals surface area contributed by atoms with Gasteiger partial charge in [0, 0.05) is 0 Å². The van der Waals surface area contributed by atoms with E-state index in [0.29, 0.717) is 18.8 Å². The zero-order valence-corrected chi connectivity index (χ0v) is 7.41. The molecule has 0 atom stereocenters. The van der Waals surface area contributed by atoms with Gasteiger partial charge in [0.1, 0.15) is 11.5 Å². The van der Waals surface area contributed by atoms with Crippen LogP contribution in [-0.2, 0) is 4.84 Å². The number of rotatable bonds is 1. The molecule has 1 aromatic heterocycles. The topological polar surface area (TPSA) is 58.2 Å². The van der Waals surface area contributed by atoms with E-state index in [-0.39, 0.29) is 5.91 Å². The lowest BCUT2D eigenvalue weighted by Crippen LogP contribution is -2.26. The minimum atomic E-state index is -0.141. The lowest BCUT2D eigenvalue weighted by Gasteiger charge is -2.11. The molecule has 70 valence electrons. The number of imidazole rings is 1. The van der Waals surface area contributed by atoms with Crippen LogP contribution < -0.4 is 0 Å². The predicted molar refractivity (Wildman–Crippen MR) is 44.9 cm³/mol. The molecule has 1 fully saturated rings. The van der Waals surface area contributed by atoms with Gasteiger partial charge in [0.05, 0.1) is 19.3 Å². The number of aryl methyl sites for hydroxylation is 1. The molecule has 0 spiro atoms. The highest BCUT2D eigenvalue weighted by molar-refractivity contribution is 5.91. The van der Waals surface area contributed by atoms with E-state index in [2.05, 4.69) is 9.97 Å². The largest absolute Gasteiger partial charge is 0.338 e. The molecule has 1 aliphatic rings. The van der Waals surface area contributed by atoms with E-state index in [0.717, 1.165) is 12.2 Å². The third-order valence-electron chi connectivity index (χ3n) is 1.91. The van der Waals surface area contributed by atoms with Crippen molar-refractivity contribution in [2.45, 2.75) is 13.3 Å². The molecule has 0 aromatic carbocycles. The quantitative estimate of drug-likeness (QED) is 0.686. The maximum atomic E-state index is 11.6. The molecular weight excluding hydrogens is 170 g/mol. The summed E-state index contributed by atoms with van der Waals surface area (Å²) in [4.78, 5) is 23.5. The minimum absolute atomic E-state index is 0.141. The zero-order chi connectivity index (χ0) is 9.26. The van der Waals surface area contributed by atoms with Gasteiger partial charge in [-0.25, -0.2) is 10.0 Å². The van der Waals surface area contributed by atoms with E-state index in [1.807, 2.05) is 6.92 Å². The van der Waals surface area contributed by atoms with Crippen LogP contribution in [0.5, 0.6) is 0 Å². The molecule has 1 amide bonds. The molecule has 1 saturated heterocycles. The number of carbonyl (C=O) groups is 1. The molecule has 1 aromatic rings. The first-order valence-corrected chi connectivity index (χ1v) is 4.24. The van der Waals surface area contributed by atoms with Crippen molar-refractivity contribution in [3.05, 3.63) is 17.7 Å². The van der Waals surface area contributed by atoms with Gasteiger partial charge in [0.2, 0.25) is 0 Å². The smallest absolute Gasteiger partial charge is 0.295 e. The van der Waals surface area contributed by atoms with E-state index in [4.69, 9.17) is 4.84 Å². The number of aromatic nitrogens is 2. The molecule has 2 rings (SSSR count). The summed E-state index contributed by atoms with van der Waals surface area (Å²) in [6, 6.07) is 0. The molecule has 2 heterocycles. The Kier molecular flexibility index (Phi) is 2.02. The maximum absolute atomic E-state index is 11.6. The number of hydrogen-bond donors (Lipinski definition) is 1. The summed E-state index contributed by atoms with van der Waals surface area (Å²) in [5.74, 6) is 0.598. The fraction of sp³-hybridized carbons (Fsp3) is 0.500. The van der Waals surface area contributed by atoms with Crippen LogP contribution in [0.1, 0.15) is 22.7 Å². The van der Waals surface area contributed by atoms with Crippen molar-refractivity contribution in [2.24, 2.45) is 0 Å².